The number of hydrogen-bond donors (Lipinski definition) is 1. The van der Waals surface area contributed by atoms with Crippen molar-refractivity contribution < 1.29 is 19.4 Å². The maximum Gasteiger partial charge on any atom is 0.176 e. The largest absolute Gasteiger partial charge is 0.507 e. The van der Waals surface area contributed by atoms with Crippen molar-refractivity contribution in [2.75, 3.05) is 13.2 Å². The molecule has 1 aliphatic rings. The summed E-state index contributed by atoms with van der Waals surface area (Å²) in [5.74, 6) is 1.36. The van der Waals surface area contributed by atoms with E-state index < -0.39 is 5.60 Å². The number of carbonyl (C=O) groups excluding carboxylic acids is 1. The van der Waals surface area contributed by atoms with E-state index in [1.165, 1.54) is 25.7 Å². The van der Waals surface area contributed by atoms with Crippen molar-refractivity contribution in [1.82, 2.24) is 0 Å². The fourth-order valence-corrected chi connectivity index (χ4v) is 4.28. The van der Waals surface area contributed by atoms with Gasteiger partial charge in [-0.2, -0.15) is 0 Å². The third kappa shape index (κ3) is 6.23. The topological polar surface area (TPSA) is 55.8 Å². The van der Waals surface area contributed by atoms with E-state index in [-0.39, 0.29) is 5.78 Å². The van der Waals surface area contributed by atoms with Gasteiger partial charge in [-0.3, -0.25) is 4.79 Å². The Balaban J connectivity index is 1.73. The maximum absolute atomic E-state index is 12.9. The normalized spacial score (nSPS) is 18.2. The van der Waals surface area contributed by atoms with Gasteiger partial charge in [-0.05, 0) is 76.5 Å². The zero-order valence-electron chi connectivity index (χ0n) is 19.9. The Bertz CT molecular complexity index is 710. The Kier molecular flexibility index (Phi) is 9.67. The summed E-state index contributed by atoms with van der Waals surface area (Å²) in [6, 6.07) is 0. The van der Waals surface area contributed by atoms with Gasteiger partial charge in [-0.1, -0.05) is 39.0 Å². The van der Waals surface area contributed by atoms with Crippen LogP contribution in [0.1, 0.15) is 100 Å². The molecule has 0 unspecified atom stereocenters. The molecule has 1 aromatic rings. The van der Waals surface area contributed by atoms with Crippen LogP contribution in [-0.2, 0) is 16.0 Å². The molecule has 0 bridgehead atoms. The fourth-order valence-electron chi connectivity index (χ4n) is 4.28. The molecule has 0 saturated heterocycles. The molecule has 4 heteroatoms. The summed E-state index contributed by atoms with van der Waals surface area (Å²) in [4.78, 5) is 12.9. The van der Waals surface area contributed by atoms with Gasteiger partial charge in [0, 0.05) is 25.2 Å². The van der Waals surface area contributed by atoms with Crippen molar-refractivity contribution in [3.05, 3.63) is 22.3 Å². The van der Waals surface area contributed by atoms with E-state index in [4.69, 9.17) is 9.47 Å². The molecule has 2 rings (SSSR count). The molecule has 0 amide bonds. The zero-order chi connectivity index (χ0) is 22.1. The van der Waals surface area contributed by atoms with Gasteiger partial charge in [0.2, 0.25) is 0 Å². The second-order valence-corrected chi connectivity index (χ2v) is 9.12. The second-order valence-electron chi connectivity index (χ2n) is 9.12. The number of carbonyl (C=O) groups is 1. The Morgan fingerprint density at radius 2 is 1.60 bits per heavy atom. The van der Waals surface area contributed by atoms with Crippen LogP contribution in [0.4, 0.5) is 0 Å². The van der Waals surface area contributed by atoms with Crippen LogP contribution >= 0.6 is 0 Å². The Morgan fingerprint density at radius 3 is 2.27 bits per heavy atom. The number of phenolic OH excluding ortho intramolecular Hbond substituents is 1. The molecule has 1 aliphatic heterocycles. The van der Waals surface area contributed by atoms with E-state index in [2.05, 4.69) is 6.92 Å². The van der Waals surface area contributed by atoms with Crippen LogP contribution in [0, 0.1) is 20.8 Å². The molecule has 0 aliphatic carbocycles. The number of aromatic hydroxyl groups is 1. The SMILES string of the molecule is CCCCCCOCCCCCCC(=O)[C@]1(C)CCc2c(C)c(O)c(C)c(C)c2O1. The Morgan fingerprint density at radius 1 is 0.967 bits per heavy atom. The van der Waals surface area contributed by atoms with Crippen LogP contribution in [0.5, 0.6) is 11.5 Å². The molecule has 0 spiro atoms. The monoisotopic (exact) mass is 418 g/mol. The lowest BCUT2D eigenvalue weighted by Crippen LogP contribution is -2.44. The number of hydrogen-bond acceptors (Lipinski definition) is 4. The molecule has 0 saturated carbocycles. The first kappa shape index (κ1) is 24.7. The molecular weight excluding hydrogens is 376 g/mol. The fraction of sp³-hybridized carbons (Fsp3) is 0.731. The van der Waals surface area contributed by atoms with Crippen molar-refractivity contribution in [3.8, 4) is 11.5 Å². The quantitative estimate of drug-likeness (QED) is 0.371. The highest BCUT2D eigenvalue weighted by atomic mass is 16.5. The van der Waals surface area contributed by atoms with Crippen LogP contribution in [0.25, 0.3) is 0 Å². The summed E-state index contributed by atoms with van der Waals surface area (Å²) < 4.78 is 12.0. The van der Waals surface area contributed by atoms with Crippen molar-refractivity contribution in [1.29, 1.82) is 0 Å². The molecule has 170 valence electrons. The molecule has 4 nitrogen and oxygen atoms in total. The minimum Gasteiger partial charge on any atom is -0.507 e. The van der Waals surface area contributed by atoms with Crippen molar-refractivity contribution in [2.45, 2.75) is 111 Å². The predicted octanol–water partition coefficient (Wildman–Crippen LogP) is 6.52. The van der Waals surface area contributed by atoms with E-state index >= 15 is 0 Å². The Hall–Kier alpha value is -1.55. The van der Waals surface area contributed by atoms with E-state index in [0.29, 0.717) is 18.6 Å². The molecule has 1 N–H and O–H groups in total. The average Bonchev–Trinajstić information content (AvgIpc) is 2.74. The number of benzene rings is 1. The van der Waals surface area contributed by atoms with Crippen LogP contribution in [0.15, 0.2) is 0 Å². The number of phenols is 1. The van der Waals surface area contributed by atoms with Crippen LogP contribution in [-0.4, -0.2) is 29.7 Å². The molecule has 1 heterocycles. The van der Waals surface area contributed by atoms with E-state index in [9.17, 15) is 9.90 Å². The summed E-state index contributed by atoms with van der Waals surface area (Å²) in [6.45, 7) is 11.7. The number of unbranched alkanes of at least 4 members (excludes halogenated alkanes) is 6. The first-order valence-electron chi connectivity index (χ1n) is 11.9. The molecule has 0 radical (unpaired) electrons. The van der Waals surface area contributed by atoms with Gasteiger partial charge in [0.05, 0.1) is 0 Å². The van der Waals surface area contributed by atoms with Gasteiger partial charge >= 0.3 is 0 Å². The molecule has 0 aromatic heterocycles. The van der Waals surface area contributed by atoms with Gasteiger partial charge in [-0.15, -0.1) is 0 Å². The standard InChI is InChI=1S/C26H42O4/c1-6-7-8-12-17-29-18-13-10-9-11-14-23(27)26(5)16-15-22-21(4)24(28)19(2)20(3)25(22)30-26/h28H,6-18H2,1-5H3/t26-/m0/s1. The molecule has 0 fully saturated rings. The summed E-state index contributed by atoms with van der Waals surface area (Å²) in [5.41, 5.74) is 2.97. The highest BCUT2D eigenvalue weighted by Gasteiger charge is 2.39. The number of ether oxygens (including phenoxy) is 2. The third-order valence-corrected chi connectivity index (χ3v) is 6.69. The van der Waals surface area contributed by atoms with Gasteiger partial charge < -0.3 is 14.6 Å². The highest BCUT2D eigenvalue weighted by Crippen LogP contribution is 2.43. The minimum atomic E-state index is -0.755. The molecule has 1 atom stereocenters. The lowest BCUT2D eigenvalue weighted by molar-refractivity contribution is -0.134. The summed E-state index contributed by atoms with van der Waals surface area (Å²) in [5, 5.41) is 10.3. The molecule has 30 heavy (non-hydrogen) atoms. The van der Waals surface area contributed by atoms with E-state index in [1.807, 2.05) is 27.7 Å². The van der Waals surface area contributed by atoms with Crippen molar-refractivity contribution >= 4 is 5.78 Å². The predicted molar refractivity (Wildman–Crippen MR) is 123 cm³/mol. The number of fused-ring (bicyclic) bond motifs is 1. The van der Waals surface area contributed by atoms with E-state index in [1.54, 1.807) is 0 Å². The first-order valence-corrected chi connectivity index (χ1v) is 11.9. The van der Waals surface area contributed by atoms with Gasteiger partial charge in [0.15, 0.2) is 11.4 Å². The summed E-state index contributed by atoms with van der Waals surface area (Å²) in [7, 11) is 0. The first-order chi connectivity index (χ1) is 14.3. The van der Waals surface area contributed by atoms with Crippen molar-refractivity contribution in [3.63, 3.8) is 0 Å². The third-order valence-electron chi connectivity index (χ3n) is 6.69. The summed E-state index contributed by atoms with van der Waals surface area (Å²) >= 11 is 0. The maximum atomic E-state index is 12.9. The van der Waals surface area contributed by atoms with Crippen molar-refractivity contribution in [2.24, 2.45) is 0 Å². The minimum absolute atomic E-state index is 0.197. The van der Waals surface area contributed by atoms with Gasteiger partial charge in [0.1, 0.15) is 11.5 Å². The highest BCUT2D eigenvalue weighted by molar-refractivity contribution is 5.87. The van der Waals surface area contributed by atoms with Crippen LogP contribution in [0.3, 0.4) is 0 Å². The second kappa shape index (κ2) is 11.7. The summed E-state index contributed by atoms with van der Waals surface area (Å²) in [6.07, 6.45) is 11.2. The molecule has 1 aromatic carbocycles. The lowest BCUT2D eigenvalue weighted by atomic mass is 9.84. The molecular formula is C26H42O4. The van der Waals surface area contributed by atoms with Crippen LogP contribution < -0.4 is 4.74 Å². The number of rotatable bonds is 13. The lowest BCUT2D eigenvalue weighted by Gasteiger charge is -2.36. The number of Topliss-reactive ketones (excluding diaryl/α,β-unsaturated/α-hetero) is 1. The van der Waals surface area contributed by atoms with Gasteiger partial charge in [0.25, 0.3) is 0 Å². The van der Waals surface area contributed by atoms with E-state index in [0.717, 1.165) is 73.3 Å². The smallest absolute Gasteiger partial charge is 0.176 e. The van der Waals surface area contributed by atoms with Crippen LogP contribution in [0.2, 0.25) is 0 Å². The van der Waals surface area contributed by atoms with Gasteiger partial charge in [-0.25, -0.2) is 0 Å². The Labute approximate surface area is 183 Å². The number of ketones is 1. The average molecular weight is 419 g/mol. The zero-order valence-corrected chi connectivity index (χ0v) is 19.9.